The first kappa shape index (κ1) is 20.5. The summed E-state index contributed by atoms with van der Waals surface area (Å²) in [7, 11) is 0. The number of Topliss-reactive ketones (excluding diaryl/α,β-unsaturated/α-hetero) is 1. The van der Waals surface area contributed by atoms with Gasteiger partial charge < -0.3 is 9.92 Å². The van der Waals surface area contributed by atoms with Crippen molar-refractivity contribution in [3.63, 3.8) is 0 Å². The molecule has 2 aliphatic rings. The van der Waals surface area contributed by atoms with Crippen LogP contribution in [0.2, 0.25) is 6.82 Å². The molecule has 2 aromatic rings. The molecular formula is C19H22BN5O4S. The zero-order valence-electron chi connectivity index (χ0n) is 16.6. The summed E-state index contributed by atoms with van der Waals surface area (Å²) in [5.41, 5.74) is 1.50. The van der Waals surface area contributed by atoms with Crippen molar-refractivity contribution in [1.82, 2.24) is 24.7 Å². The minimum absolute atomic E-state index is 0.0600. The monoisotopic (exact) mass is 427 g/mol. The Labute approximate surface area is 178 Å². The molecule has 9 nitrogen and oxygen atoms in total. The quantitative estimate of drug-likeness (QED) is 0.370. The zero-order valence-corrected chi connectivity index (χ0v) is 17.4. The summed E-state index contributed by atoms with van der Waals surface area (Å²) in [5.74, 6) is -0.0600. The fraction of sp³-hybridized carbons (Fsp3) is 0.368. The standard InChI is InChI=1S/C19H22BN5O4S/c1-3-6-29-25-15-8-14(11-23(12-15)19(25)27)24-5-4-13(22-24)7-16(26)17-10-21-18(30-17)9-20(2)28/h3-5,8,10,15,28H,1,6-7,9,11-12H2,2H3. The van der Waals surface area contributed by atoms with Crippen molar-refractivity contribution < 1.29 is 19.5 Å². The van der Waals surface area contributed by atoms with Crippen molar-refractivity contribution in [3.05, 3.63) is 52.8 Å². The van der Waals surface area contributed by atoms with Crippen LogP contribution >= 0.6 is 11.3 Å². The number of thiazole rings is 1. The lowest BCUT2D eigenvalue weighted by Gasteiger charge is -2.21. The second-order valence-corrected chi connectivity index (χ2v) is 8.44. The van der Waals surface area contributed by atoms with Crippen molar-refractivity contribution in [2.24, 2.45) is 0 Å². The molecule has 4 rings (SSSR count). The molecule has 4 heterocycles. The Hall–Kier alpha value is -2.76. The van der Waals surface area contributed by atoms with Crippen LogP contribution in [0.1, 0.15) is 20.4 Å². The first-order valence-corrected chi connectivity index (χ1v) is 10.5. The van der Waals surface area contributed by atoms with Crippen LogP contribution in [0.3, 0.4) is 0 Å². The lowest BCUT2D eigenvalue weighted by atomic mass is 9.69. The van der Waals surface area contributed by atoms with Crippen LogP contribution < -0.4 is 0 Å². The zero-order chi connectivity index (χ0) is 21.3. The Bertz CT molecular complexity index is 1000. The molecular weight excluding hydrogens is 405 g/mol. The molecule has 1 saturated heterocycles. The number of nitrogens with zero attached hydrogens (tertiary/aromatic N) is 5. The molecule has 2 bridgehead atoms. The molecule has 2 aliphatic heterocycles. The third kappa shape index (κ3) is 4.23. The number of urea groups is 1. The number of hydroxylamine groups is 2. The van der Waals surface area contributed by atoms with Crippen LogP contribution in [0.25, 0.3) is 5.70 Å². The Morgan fingerprint density at radius 3 is 3.13 bits per heavy atom. The summed E-state index contributed by atoms with van der Waals surface area (Å²) in [6, 6.07) is 1.45. The SMILES string of the molecule is C=CCON1C(=O)N2CC(n3ccc(CC(=O)c4cnc(CB(C)O)s4)n3)=CC1C2. The second-order valence-electron chi connectivity index (χ2n) is 7.32. The number of carbonyl (C=O) groups is 2. The van der Waals surface area contributed by atoms with Gasteiger partial charge in [0, 0.05) is 25.3 Å². The number of amides is 2. The van der Waals surface area contributed by atoms with E-state index in [9.17, 15) is 14.6 Å². The Kier molecular flexibility index (Phi) is 5.84. The van der Waals surface area contributed by atoms with E-state index in [1.54, 1.807) is 40.9 Å². The van der Waals surface area contributed by atoms with Crippen LogP contribution in [0.15, 0.2) is 37.2 Å². The molecule has 11 heteroatoms. The number of aromatic nitrogens is 3. The lowest BCUT2D eigenvalue weighted by Crippen LogP contribution is -2.33. The molecule has 1 unspecified atom stereocenters. The summed E-state index contributed by atoms with van der Waals surface area (Å²) in [6.07, 6.45) is 7.52. The van der Waals surface area contributed by atoms with Crippen molar-refractivity contribution in [1.29, 1.82) is 0 Å². The molecule has 2 amide bonds. The highest BCUT2D eigenvalue weighted by molar-refractivity contribution is 7.14. The van der Waals surface area contributed by atoms with Crippen molar-refractivity contribution >= 4 is 35.8 Å². The topological polar surface area (TPSA) is 101 Å². The predicted octanol–water partition coefficient (Wildman–Crippen LogP) is 1.54. The Balaban J connectivity index is 1.43. The molecule has 156 valence electrons. The van der Waals surface area contributed by atoms with E-state index >= 15 is 0 Å². The van der Waals surface area contributed by atoms with Crippen LogP contribution in [-0.4, -0.2) is 74.2 Å². The van der Waals surface area contributed by atoms with Gasteiger partial charge in [-0.3, -0.25) is 9.63 Å². The fourth-order valence-corrected chi connectivity index (χ4v) is 4.44. The highest BCUT2D eigenvalue weighted by atomic mass is 32.1. The number of fused-ring (bicyclic) bond motifs is 2. The summed E-state index contributed by atoms with van der Waals surface area (Å²) in [5, 5.41) is 16.1. The molecule has 0 saturated carbocycles. The lowest BCUT2D eigenvalue weighted by molar-refractivity contribution is -0.107. The first-order valence-electron chi connectivity index (χ1n) is 9.68. The highest BCUT2D eigenvalue weighted by Crippen LogP contribution is 2.26. The van der Waals surface area contributed by atoms with Crippen LogP contribution in [0.4, 0.5) is 4.79 Å². The number of ketones is 1. The minimum atomic E-state index is -0.491. The Morgan fingerprint density at radius 2 is 2.37 bits per heavy atom. The van der Waals surface area contributed by atoms with E-state index in [2.05, 4.69) is 16.7 Å². The van der Waals surface area contributed by atoms with Gasteiger partial charge in [0.25, 0.3) is 6.92 Å². The van der Waals surface area contributed by atoms with Gasteiger partial charge in [-0.1, -0.05) is 12.9 Å². The molecule has 1 N–H and O–H groups in total. The summed E-state index contributed by atoms with van der Waals surface area (Å²) < 4.78 is 1.71. The summed E-state index contributed by atoms with van der Waals surface area (Å²) in [6.45, 7) is 6.08. The third-order valence-electron chi connectivity index (χ3n) is 4.82. The van der Waals surface area contributed by atoms with E-state index in [1.807, 2.05) is 6.08 Å². The van der Waals surface area contributed by atoms with Crippen LogP contribution in [0.5, 0.6) is 0 Å². The third-order valence-corrected chi connectivity index (χ3v) is 5.88. The van der Waals surface area contributed by atoms with E-state index in [4.69, 9.17) is 4.84 Å². The van der Waals surface area contributed by atoms with E-state index < -0.39 is 6.92 Å². The smallest absolute Gasteiger partial charge is 0.345 e. The van der Waals surface area contributed by atoms with Gasteiger partial charge >= 0.3 is 6.03 Å². The van der Waals surface area contributed by atoms with E-state index in [0.29, 0.717) is 30.0 Å². The molecule has 0 spiro atoms. The van der Waals surface area contributed by atoms with Gasteiger partial charge in [-0.05, 0) is 12.1 Å². The average molecular weight is 427 g/mol. The van der Waals surface area contributed by atoms with Gasteiger partial charge in [-0.15, -0.1) is 17.9 Å². The van der Waals surface area contributed by atoms with E-state index in [1.165, 1.54) is 16.4 Å². The Morgan fingerprint density at radius 1 is 1.53 bits per heavy atom. The van der Waals surface area contributed by atoms with Gasteiger partial charge in [0.2, 0.25) is 0 Å². The first-order chi connectivity index (χ1) is 14.4. The summed E-state index contributed by atoms with van der Waals surface area (Å²) >= 11 is 1.30. The molecule has 0 radical (unpaired) electrons. The largest absolute Gasteiger partial charge is 0.450 e. The normalized spacial score (nSPS) is 18.0. The molecule has 1 atom stereocenters. The maximum absolute atomic E-state index is 12.6. The second kappa shape index (κ2) is 8.54. The van der Waals surface area contributed by atoms with Gasteiger partial charge in [0.15, 0.2) is 5.78 Å². The molecule has 0 aromatic carbocycles. The van der Waals surface area contributed by atoms with Gasteiger partial charge in [-0.2, -0.15) is 10.2 Å². The van der Waals surface area contributed by atoms with Crippen LogP contribution in [-0.2, 0) is 17.6 Å². The number of hydrogen-bond acceptors (Lipinski definition) is 7. The van der Waals surface area contributed by atoms with Crippen molar-refractivity contribution in [2.75, 3.05) is 19.7 Å². The predicted molar refractivity (Wildman–Crippen MR) is 113 cm³/mol. The number of carbonyl (C=O) groups excluding carboxylic acids is 2. The molecule has 2 aromatic heterocycles. The number of rotatable bonds is 9. The van der Waals surface area contributed by atoms with Crippen LogP contribution in [0, 0.1) is 0 Å². The highest BCUT2D eigenvalue weighted by Gasteiger charge is 2.41. The average Bonchev–Trinajstić information content (AvgIpc) is 3.41. The maximum atomic E-state index is 12.6. The van der Waals surface area contributed by atoms with Crippen molar-refractivity contribution in [3.8, 4) is 0 Å². The van der Waals surface area contributed by atoms with E-state index in [0.717, 1.165) is 10.7 Å². The van der Waals surface area contributed by atoms with Gasteiger partial charge in [0.1, 0.15) is 0 Å². The maximum Gasteiger partial charge on any atom is 0.345 e. The van der Waals surface area contributed by atoms with E-state index in [-0.39, 0.29) is 30.9 Å². The van der Waals surface area contributed by atoms with Gasteiger partial charge in [0.05, 0.1) is 46.9 Å². The summed E-state index contributed by atoms with van der Waals surface area (Å²) in [4.78, 5) is 36.9. The fourth-order valence-electron chi connectivity index (χ4n) is 3.47. The van der Waals surface area contributed by atoms with Crippen molar-refractivity contribution in [2.45, 2.75) is 25.6 Å². The molecule has 30 heavy (non-hydrogen) atoms. The minimum Gasteiger partial charge on any atom is -0.450 e. The molecule has 1 fully saturated rings. The number of hydrogen-bond donors (Lipinski definition) is 1. The molecule has 0 aliphatic carbocycles. The van der Waals surface area contributed by atoms with Gasteiger partial charge in [-0.25, -0.2) is 14.5 Å².